The predicted octanol–water partition coefficient (Wildman–Crippen LogP) is 4.26. The molecule has 112 valence electrons. The van der Waals surface area contributed by atoms with E-state index in [0.29, 0.717) is 11.8 Å². The van der Waals surface area contributed by atoms with Crippen molar-refractivity contribution >= 4 is 6.08 Å². The van der Waals surface area contributed by atoms with Gasteiger partial charge in [0, 0.05) is 0 Å². The molecule has 0 fully saturated rings. The molecule has 0 saturated carbocycles. The topological polar surface area (TPSA) is 8.81 Å². The maximum Gasteiger partial charge on any atom is 0.249 e. The standard InChI is InChI=1S/C19H27N2/c1-6-18-13-21(14-20(18)12-16(4)5)19-9-7-17(8-10-19)11-15(2)3/h6-10,13-16H,1,11-12H2,2-5H3/q+1. The van der Waals surface area contributed by atoms with Crippen molar-refractivity contribution in [3.63, 3.8) is 0 Å². The van der Waals surface area contributed by atoms with Gasteiger partial charge in [-0.15, -0.1) is 0 Å². The molecule has 1 aromatic carbocycles. The lowest BCUT2D eigenvalue weighted by molar-refractivity contribution is -0.703. The summed E-state index contributed by atoms with van der Waals surface area (Å²) in [6.45, 7) is 13.9. The van der Waals surface area contributed by atoms with E-state index >= 15 is 0 Å². The molecule has 0 N–H and O–H groups in total. The minimum Gasteiger partial charge on any atom is -0.230 e. The van der Waals surface area contributed by atoms with Gasteiger partial charge in [-0.25, -0.2) is 9.13 Å². The van der Waals surface area contributed by atoms with E-state index in [1.54, 1.807) is 0 Å². The monoisotopic (exact) mass is 283 g/mol. The van der Waals surface area contributed by atoms with E-state index in [4.69, 9.17) is 0 Å². The first-order chi connectivity index (χ1) is 9.99. The quantitative estimate of drug-likeness (QED) is 0.700. The summed E-state index contributed by atoms with van der Waals surface area (Å²) in [5.41, 5.74) is 3.77. The molecule has 0 aliphatic carbocycles. The molecule has 0 saturated heterocycles. The van der Waals surface area contributed by atoms with Gasteiger partial charge in [0.15, 0.2) is 5.69 Å². The fraction of sp³-hybridized carbons (Fsp3) is 0.421. The third-order valence-corrected chi connectivity index (χ3v) is 3.52. The van der Waals surface area contributed by atoms with Crippen LogP contribution in [0, 0.1) is 11.8 Å². The molecule has 0 amide bonds. The molecule has 21 heavy (non-hydrogen) atoms. The van der Waals surface area contributed by atoms with Crippen molar-refractivity contribution in [2.75, 3.05) is 0 Å². The lowest BCUT2D eigenvalue weighted by Gasteiger charge is -2.04. The number of rotatable bonds is 6. The third-order valence-electron chi connectivity index (χ3n) is 3.52. The number of aromatic nitrogens is 2. The summed E-state index contributed by atoms with van der Waals surface area (Å²) < 4.78 is 4.44. The summed E-state index contributed by atoms with van der Waals surface area (Å²) in [4.78, 5) is 0. The second-order valence-corrected chi connectivity index (χ2v) is 6.59. The summed E-state index contributed by atoms with van der Waals surface area (Å²) in [7, 11) is 0. The Morgan fingerprint density at radius 3 is 2.29 bits per heavy atom. The number of nitrogens with zero attached hydrogens (tertiary/aromatic N) is 2. The van der Waals surface area contributed by atoms with E-state index < -0.39 is 0 Å². The van der Waals surface area contributed by atoms with Gasteiger partial charge in [0.1, 0.15) is 11.9 Å². The number of hydrogen-bond donors (Lipinski definition) is 0. The Morgan fingerprint density at radius 1 is 1.10 bits per heavy atom. The van der Waals surface area contributed by atoms with Crippen molar-refractivity contribution in [1.82, 2.24) is 4.57 Å². The molecular weight excluding hydrogens is 256 g/mol. The molecule has 0 spiro atoms. The van der Waals surface area contributed by atoms with Gasteiger partial charge in [0.25, 0.3) is 0 Å². The van der Waals surface area contributed by atoms with Crippen molar-refractivity contribution in [3.8, 4) is 5.69 Å². The van der Waals surface area contributed by atoms with Crippen LogP contribution in [0.25, 0.3) is 11.8 Å². The van der Waals surface area contributed by atoms with E-state index in [0.717, 1.165) is 18.7 Å². The van der Waals surface area contributed by atoms with E-state index in [9.17, 15) is 0 Å². The van der Waals surface area contributed by atoms with Gasteiger partial charge in [0.05, 0.1) is 6.54 Å². The Hall–Kier alpha value is -1.83. The molecule has 0 unspecified atom stereocenters. The Bertz CT molecular complexity index is 589. The molecule has 0 bridgehead atoms. The van der Waals surface area contributed by atoms with Gasteiger partial charge in [-0.1, -0.05) is 46.4 Å². The summed E-state index contributed by atoms with van der Waals surface area (Å²) in [5.74, 6) is 1.32. The van der Waals surface area contributed by atoms with Crippen LogP contribution in [-0.2, 0) is 13.0 Å². The molecule has 1 heterocycles. The van der Waals surface area contributed by atoms with Gasteiger partial charge in [-0.05, 0) is 42.0 Å². The first kappa shape index (κ1) is 15.6. The Morgan fingerprint density at radius 2 is 1.76 bits per heavy atom. The molecule has 2 nitrogen and oxygen atoms in total. The molecule has 0 atom stereocenters. The second kappa shape index (κ2) is 6.75. The summed E-state index contributed by atoms with van der Waals surface area (Å²) in [6.07, 6.45) is 7.37. The Kier molecular flexibility index (Phi) is 5.00. The van der Waals surface area contributed by atoms with Gasteiger partial charge in [0.2, 0.25) is 6.33 Å². The molecule has 0 aliphatic rings. The first-order valence-corrected chi connectivity index (χ1v) is 7.82. The van der Waals surface area contributed by atoms with Crippen LogP contribution in [0.1, 0.15) is 39.0 Å². The number of hydrogen-bond acceptors (Lipinski definition) is 0. The Balaban J connectivity index is 2.25. The first-order valence-electron chi connectivity index (χ1n) is 7.82. The van der Waals surface area contributed by atoms with Crippen molar-refractivity contribution < 1.29 is 4.57 Å². The summed E-state index contributed by atoms with van der Waals surface area (Å²) >= 11 is 0. The zero-order valence-electron chi connectivity index (χ0n) is 13.7. The van der Waals surface area contributed by atoms with Crippen LogP contribution < -0.4 is 4.57 Å². The van der Waals surface area contributed by atoms with Crippen LogP contribution in [-0.4, -0.2) is 4.57 Å². The SMILES string of the molecule is C=Cc1cn(-c2ccc(CC(C)C)cc2)c[n+]1CC(C)C. The molecular formula is C19H27N2+. The van der Waals surface area contributed by atoms with Crippen LogP contribution in [0.15, 0.2) is 43.4 Å². The fourth-order valence-corrected chi connectivity index (χ4v) is 2.60. The molecule has 0 aliphatic heterocycles. The van der Waals surface area contributed by atoms with Crippen LogP contribution in [0.5, 0.6) is 0 Å². The van der Waals surface area contributed by atoms with Crippen LogP contribution in [0.2, 0.25) is 0 Å². The van der Waals surface area contributed by atoms with Gasteiger partial charge in [-0.3, -0.25) is 0 Å². The van der Waals surface area contributed by atoms with Crippen molar-refractivity contribution in [1.29, 1.82) is 0 Å². The average molecular weight is 283 g/mol. The van der Waals surface area contributed by atoms with Crippen LogP contribution >= 0.6 is 0 Å². The number of imidazole rings is 1. The molecule has 0 radical (unpaired) electrons. The Labute approximate surface area is 128 Å². The van der Waals surface area contributed by atoms with Gasteiger partial charge >= 0.3 is 0 Å². The van der Waals surface area contributed by atoms with Crippen molar-refractivity contribution in [3.05, 3.63) is 54.6 Å². The minimum absolute atomic E-state index is 0.623. The van der Waals surface area contributed by atoms with E-state index in [-0.39, 0.29) is 0 Å². The second-order valence-electron chi connectivity index (χ2n) is 6.59. The highest BCUT2D eigenvalue weighted by Gasteiger charge is 2.13. The lowest BCUT2D eigenvalue weighted by atomic mass is 10.0. The largest absolute Gasteiger partial charge is 0.249 e. The van der Waals surface area contributed by atoms with E-state index in [1.165, 1.54) is 11.3 Å². The third kappa shape index (κ3) is 4.07. The van der Waals surface area contributed by atoms with Crippen LogP contribution in [0.3, 0.4) is 0 Å². The van der Waals surface area contributed by atoms with Crippen LogP contribution in [0.4, 0.5) is 0 Å². The molecule has 2 aromatic rings. The molecule has 1 aromatic heterocycles. The summed E-state index contributed by atoms with van der Waals surface area (Å²) in [6, 6.07) is 8.86. The van der Waals surface area contributed by atoms with Crippen molar-refractivity contribution in [2.45, 2.75) is 40.7 Å². The average Bonchev–Trinajstić information content (AvgIpc) is 2.81. The van der Waals surface area contributed by atoms with Gasteiger partial charge in [-0.2, -0.15) is 0 Å². The zero-order chi connectivity index (χ0) is 15.4. The highest BCUT2D eigenvalue weighted by molar-refractivity contribution is 5.40. The van der Waals surface area contributed by atoms with Crippen molar-refractivity contribution in [2.24, 2.45) is 11.8 Å². The highest BCUT2D eigenvalue weighted by atomic mass is 15.1. The number of benzene rings is 1. The summed E-state index contributed by atoms with van der Waals surface area (Å²) in [5, 5.41) is 0. The van der Waals surface area contributed by atoms with E-state index in [2.05, 4.69) is 80.2 Å². The maximum atomic E-state index is 3.92. The molecule has 2 heteroatoms. The van der Waals surface area contributed by atoms with Gasteiger partial charge < -0.3 is 0 Å². The lowest BCUT2D eigenvalue weighted by Crippen LogP contribution is -2.37. The smallest absolute Gasteiger partial charge is 0.230 e. The highest BCUT2D eigenvalue weighted by Crippen LogP contribution is 2.13. The molecule has 2 rings (SSSR count). The van der Waals surface area contributed by atoms with E-state index in [1.807, 2.05) is 6.08 Å². The predicted molar refractivity (Wildman–Crippen MR) is 89.4 cm³/mol. The maximum absolute atomic E-state index is 3.92. The minimum atomic E-state index is 0.623. The fourth-order valence-electron chi connectivity index (χ4n) is 2.60. The zero-order valence-corrected chi connectivity index (χ0v) is 13.7. The normalized spacial score (nSPS) is 11.3.